The van der Waals surface area contributed by atoms with E-state index in [2.05, 4.69) is 4.74 Å². The number of esters is 2. The molecule has 2 atom stereocenters. The molecule has 1 aromatic carbocycles. The Morgan fingerprint density at radius 3 is 2.76 bits per heavy atom. The van der Waals surface area contributed by atoms with Crippen LogP contribution in [-0.4, -0.2) is 35.5 Å². The molecule has 0 aromatic heterocycles. The zero-order valence-corrected chi connectivity index (χ0v) is 11.4. The third-order valence-corrected chi connectivity index (χ3v) is 3.82. The second-order valence-corrected chi connectivity index (χ2v) is 5.17. The predicted molar refractivity (Wildman–Crippen MR) is 70.9 cm³/mol. The first-order valence-corrected chi connectivity index (χ1v) is 6.89. The second-order valence-electron chi connectivity index (χ2n) is 5.17. The van der Waals surface area contributed by atoms with Gasteiger partial charge < -0.3 is 9.47 Å². The van der Waals surface area contributed by atoms with Crippen molar-refractivity contribution in [3.8, 4) is 0 Å². The number of rotatable bonds is 2. The molecule has 0 N–H and O–H groups in total. The highest BCUT2D eigenvalue weighted by Gasteiger charge is 2.51. The SMILES string of the molecule is O=C1OC(=O)C2C1CCCN2C(=O)OCc1ccccc1. The first-order chi connectivity index (χ1) is 10.2. The van der Waals surface area contributed by atoms with Crippen molar-refractivity contribution in [2.24, 2.45) is 5.92 Å². The number of carbonyl (C=O) groups excluding carboxylic acids is 3. The summed E-state index contributed by atoms with van der Waals surface area (Å²) in [5.74, 6) is -1.73. The number of cyclic esters (lactones) is 2. The number of hydrogen-bond acceptors (Lipinski definition) is 5. The molecular weight excluding hydrogens is 274 g/mol. The van der Waals surface area contributed by atoms with E-state index < -0.39 is 30.0 Å². The number of piperidine rings is 1. The Labute approximate surface area is 121 Å². The van der Waals surface area contributed by atoms with Gasteiger partial charge in [0, 0.05) is 6.54 Å². The van der Waals surface area contributed by atoms with Crippen LogP contribution in [0.2, 0.25) is 0 Å². The van der Waals surface area contributed by atoms with E-state index in [1.165, 1.54) is 4.90 Å². The van der Waals surface area contributed by atoms with E-state index in [1.54, 1.807) is 0 Å². The fourth-order valence-corrected chi connectivity index (χ4v) is 2.78. The smallest absolute Gasteiger partial charge is 0.410 e. The van der Waals surface area contributed by atoms with Crippen LogP contribution in [0.5, 0.6) is 0 Å². The lowest BCUT2D eigenvalue weighted by Gasteiger charge is -2.32. The molecule has 1 aromatic rings. The molecule has 2 unspecified atom stereocenters. The summed E-state index contributed by atoms with van der Waals surface area (Å²) in [6.45, 7) is 0.535. The van der Waals surface area contributed by atoms with Gasteiger partial charge in [-0.15, -0.1) is 0 Å². The number of ether oxygens (including phenoxy) is 2. The number of amides is 1. The van der Waals surface area contributed by atoms with Gasteiger partial charge in [0.05, 0.1) is 5.92 Å². The van der Waals surface area contributed by atoms with Crippen molar-refractivity contribution < 1.29 is 23.9 Å². The van der Waals surface area contributed by atoms with E-state index in [1.807, 2.05) is 30.3 Å². The van der Waals surface area contributed by atoms with Crippen LogP contribution in [0.3, 0.4) is 0 Å². The number of hydrogen-bond donors (Lipinski definition) is 0. The maximum atomic E-state index is 12.2. The minimum atomic E-state index is -0.825. The van der Waals surface area contributed by atoms with Gasteiger partial charge in [0.1, 0.15) is 12.6 Å². The summed E-state index contributed by atoms with van der Waals surface area (Å²) < 4.78 is 9.85. The normalized spacial score (nSPS) is 24.5. The number of fused-ring (bicyclic) bond motifs is 1. The van der Waals surface area contributed by atoms with Gasteiger partial charge in [0.15, 0.2) is 0 Å². The van der Waals surface area contributed by atoms with Gasteiger partial charge in [-0.2, -0.15) is 0 Å². The molecule has 6 nitrogen and oxygen atoms in total. The molecule has 0 spiro atoms. The number of nitrogens with zero attached hydrogens (tertiary/aromatic N) is 1. The van der Waals surface area contributed by atoms with E-state index in [-0.39, 0.29) is 6.61 Å². The minimum Gasteiger partial charge on any atom is -0.445 e. The van der Waals surface area contributed by atoms with Gasteiger partial charge in [-0.3, -0.25) is 9.69 Å². The zero-order valence-electron chi connectivity index (χ0n) is 11.4. The largest absolute Gasteiger partial charge is 0.445 e. The van der Waals surface area contributed by atoms with Gasteiger partial charge >= 0.3 is 18.0 Å². The van der Waals surface area contributed by atoms with E-state index in [4.69, 9.17) is 4.74 Å². The van der Waals surface area contributed by atoms with Gasteiger partial charge in [0.2, 0.25) is 0 Å². The van der Waals surface area contributed by atoms with Crippen molar-refractivity contribution in [2.75, 3.05) is 6.54 Å². The molecule has 2 aliphatic rings. The van der Waals surface area contributed by atoms with Crippen LogP contribution in [0.1, 0.15) is 18.4 Å². The average Bonchev–Trinajstić information content (AvgIpc) is 2.81. The van der Waals surface area contributed by atoms with Gasteiger partial charge in [-0.1, -0.05) is 30.3 Å². The molecule has 0 aliphatic carbocycles. The second kappa shape index (κ2) is 5.55. The van der Waals surface area contributed by atoms with Crippen molar-refractivity contribution in [1.82, 2.24) is 4.90 Å². The molecule has 1 amide bonds. The fourth-order valence-electron chi connectivity index (χ4n) is 2.78. The van der Waals surface area contributed by atoms with E-state index in [0.29, 0.717) is 19.4 Å². The highest BCUT2D eigenvalue weighted by Crippen LogP contribution is 2.31. The fraction of sp³-hybridized carbons (Fsp3) is 0.400. The van der Waals surface area contributed by atoms with Crippen LogP contribution < -0.4 is 0 Å². The highest BCUT2D eigenvalue weighted by atomic mass is 16.6. The maximum absolute atomic E-state index is 12.2. The highest BCUT2D eigenvalue weighted by molar-refractivity contribution is 6.00. The lowest BCUT2D eigenvalue weighted by atomic mass is 9.91. The van der Waals surface area contributed by atoms with Crippen molar-refractivity contribution in [3.05, 3.63) is 35.9 Å². The minimum absolute atomic E-state index is 0.135. The molecular formula is C15H15NO5. The third kappa shape index (κ3) is 2.61. The summed E-state index contributed by atoms with van der Waals surface area (Å²) in [6, 6.07) is 8.45. The number of carbonyl (C=O) groups is 3. The Morgan fingerprint density at radius 2 is 2.00 bits per heavy atom. The van der Waals surface area contributed by atoms with Crippen LogP contribution in [0, 0.1) is 5.92 Å². The van der Waals surface area contributed by atoms with Crippen LogP contribution in [0.25, 0.3) is 0 Å². The quantitative estimate of drug-likeness (QED) is 0.609. The Morgan fingerprint density at radius 1 is 1.24 bits per heavy atom. The first-order valence-electron chi connectivity index (χ1n) is 6.89. The zero-order chi connectivity index (χ0) is 14.8. The Kier molecular flexibility index (Phi) is 3.60. The molecule has 21 heavy (non-hydrogen) atoms. The summed E-state index contributed by atoms with van der Waals surface area (Å²) in [5.41, 5.74) is 0.865. The van der Waals surface area contributed by atoms with Crippen molar-refractivity contribution in [1.29, 1.82) is 0 Å². The summed E-state index contributed by atoms with van der Waals surface area (Å²) >= 11 is 0. The molecule has 2 aliphatic heterocycles. The Hall–Kier alpha value is -2.37. The van der Waals surface area contributed by atoms with Crippen molar-refractivity contribution in [2.45, 2.75) is 25.5 Å². The van der Waals surface area contributed by atoms with Crippen LogP contribution in [-0.2, 0) is 25.7 Å². The van der Waals surface area contributed by atoms with Crippen molar-refractivity contribution in [3.63, 3.8) is 0 Å². The van der Waals surface area contributed by atoms with Crippen LogP contribution in [0.4, 0.5) is 4.79 Å². The Balaban J connectivity index is 1.66. The average molecular weight is 289 g/mol. The van der Waals surface area contributed by atoms with Gasteiger partial charge in [-0.05, 0) is 18.4 Å². The summed E-state index contributed by atoms with van der Waals surface area (Å²) in [4.78, 5) is 36.7. The molecule has 3 rings (SSSR count). The molecule has 0 saturated carbocycles. The first kappa shape index (κ1) is 13.6. The van der Waals surface area contributed by atoms with E-state index in [0.717, 1.165) is 5.56 Å². The predicted octanol–water partition coefficient (Wildman–Crippen LogP) is 1.49. The summed E-state index contributed by atoms with van der Waals surface area (Å²) in [6.07, 6.45) is 0.641. The molecule has 0 radical (unpaired) electrons. The topological polar surface area (TPSA) is 72.9 Å². The summed E-state index contributed by atoms with van der Waals surface area (Å²) in [5, 5.41) is 0. The summed E-state index contributed by atoms with van der Waals surface area (Å²) in [7, 11) is 0. The Bertz CT molecular complexity index is 571. The monoisotopic (exact) mass is 289 g/mol. The molecule has 0 bridgehead atoms. The van der Waals surface area contributed by atoms with Gasteiger partial charge in [0.25, 0.3) is 0 Å². The molecule has 2 heterocycles. The van der Waals surface area contributed by atoms with Crippen LogP contribution in [0.15, 0.2) is 30.3 Å². The lowest BCUT2D eigenvalue weighted by molar-refractivity contribution is -0.153. The molecule has 2 saturated heterocycles. The van der Waals surface area contributed by atoms with Gasteiger partial charge in [-0.25, -0.2) is 9.59 Å². The molecule has 6 heteroatoms. The van der Waals surface area contributed by atoms with E-state index >= 15 is 0 Å². The number of benzene rings is 1. The number of likely N-dealkylation sites (tertiary alicyclic amines) is 1. The maximum Gasteiger partial charge on any atom is 0.410 e. The molecule has 110 valence electrons. The van der Waals surface area contributed by atoms with E-state index in [9.17, 15) is 14.4 Å². The lowest BCUT2D eigenvalue weighted by Crippen LogP contribution is -2.50. The van der Waals surface area contributed by atoms with Crippen molar-refractivity contribution >= 4 is 18.0 Å². The standard InChI is InChI=1S/C15H15NO5/c17-13-11-7-4-8-16(12(11)14(18)21-13)15(19)20-9-10-5-2-1-3-6-10/h1-3,5-6,11-12H,4,7-9H2. The molecule has 2 fully saturated rings. The van der Waals surface area contributed by atoms with Crippen LogP contribution >= 0.6 is 0 Å². The third-order valence-electron chi connectivity index (χ3n) is 3.82.